The van der Waals surface area contributed by atoms with Crippen LogP contribution in [0.4, 0.5) is 0 Å². The highest BCUT2D eigenvalue weighted by Crippen LogP contribution is 2.19. The van der Waals surface area contributed by atoms with E-state index in [1.54, 1.807) is 19.2 Å². The van der Waals surface area contributed by atoms with Crippen molar-refractivity contribution in [2.45, 2.75) is 26.1 Å². The fraction of sp³-hybridized carbons (Fsp3) is 0.353. The van der Waals surface area contributed by atoms with Gasteiger partial charge in [-0.15, -0.1) is 0 Å². The second-order valence-electron chi connectivity index (χ2n) is 5.65. The topological polar surface area (TPSA) is 75.6 Å². The minimum atomic E-state index is -0.896. The number of aromatic carboxylic acids is 1. The molecule has 23 heavy (non-hydrogen) atoms. The van der Waals surface area contributed by atoms with Crippen molar-refractivity contribution in [3.63, 3.8) is 0 Å². The molecule has 0 radical (unpaired) electrons. The molecular formula is C17H19N3O3. The number of carboxylic acids is 1. The lowest BCUT2D eigenvalue weighted by molar-refractivity contribution is 0.0697. The SMILES string of the molecule is COCc1ncc2c(n1)CCN(Cc1ccc(C(=O)O)cc1)C2. The van der Waals surface area contributed by atoms with Crippen LogP contribution >= 0.6 is 0 Å². The lowest BCUT2D eigenvalue weighted by Gasteiger charge is -2.28. The van der Waals surface area contributed by atoms with Gasteiger partial charge in [-0.2, -0.15) is 0 Å². The number of methoxy groups -OCH3 is 1. The molecule has 0 unspecified atom stereocenters. The predicted octanol–water partition coefficient (Wildman–Crippen LogP) is 1.88. The monoisotopic (exact) mass is 313 g/mol. The average Bonchev–Trinajstić information content (AvgIpc) is 2.56. The third-order valence-electron chi connectivity index (χ3n) is 3.94. The van der Waals surface area contributed by atoms with Crippen molar-refractivity contribution in [3.05, 3.63) is 58.7 Å². The van der Waals surface area contributed by atoms with Crippen molar-refractivity contribution >= 4 is 5.97 Å². The molecule has 1 aliphatic heterocycles. The number of ether oxygens (including phenoxy) is 1. The van der Waals surface area contributed by atoms with Gasteiger partial charge >= 0.3 is 5.97 Å². The molecule has 0 amide bonds. The zero-order chi connectivity index (χ0) is 16.2. The van der Waals surface area contributed by atoms with E-state index in [1.165, 1.54) is 0 Å². The number of hydrogen-bond acceptors (Lipinski definition) is 5. The van der Waals surface area contributed by atoms with Crippen molar-refractivity contribution in [1.29, 1.82) is 0 Å². The van der Waals surface area contributed by atoms with Gasteiger partial charge in [0.2, 0.25) is 0 Å². The number of hydrogen-bond donors (Lipinski definition) is 1. The van der Waals surface area contributed by atoms with Crippen LogP contribution in [-0.2, 0) is 30.9 Å². The number of rotatable bonds is 5. The summed E-state index contributed by atoms with van der Waals surface area (Å²) in [6.45, 7) is 2.96. The van der Waals surface area contributed by atoms with E-state index >= 15 is 0 Å². The summed E-state index contributed by atoms with van der Waals surface area (Å²) in [6, 6.07) is 7.04. The summed E-state index contributed by atoms with van der Waals surface area (Å²) in [6.07, 6.45) is 2.78. The van der Waals surface area contributed by atoms with E-state index in [4.69, 9.17) is 9.84 Å². The molecule has 120 valence electrons. The van der Waals surface area contributed by atoms with Gasteiger partial charge in [-0.1, -0.05) is 12.1 Å². The number of carbonyl (C=O) groups is 1. The molecule has 1 N–H and O–H groups in total. The summed E-state index contributed by atoms with van der Waals surface area (Å²) < 4.78 is 5.07. The fourth-order valence-electron chi connectivity index (χ4n) is 2.76. The molecule has 0 saturated carbocycles. The molecule has 1 aromatic carbocycles. The normalized spacial score (nSPS) is 14.5. The van der Waals surface area contributed by atoms with Gasteiger partial charge in [0, 0.05) is 50.6 Å². The molecule has 6 nitrogen and oxygen atoms in total. The van der Waals surface area contributed by atoms with Crippen molar-refractivity contribution in [1.82, 2.24) is 14.9 Å². The largest absolute Gasteiger partial charge is 0.478 e. The van der Waals surface area contributed by atoms with E-state index in [0.717, 1.165) is 48.7 Å². The highest BCUT2D eigenvalue weighted by atomic mass is 16.5. The van der Waals surface area contributed by atoms with Gasteiger partial charge in [-0.25, -0.2) is 14.8 Å². The van der Waals surface area contributed by atoms with Gasteiger partial charge < -0.3 is 9.84 Å². The highest BCUT2D eigenvalue weighted by molar-refractivity contribution is 5.87. The smallest absolute Gasteiger partial charge is 0.335 e. The van der Waals surface area contributed by atoms with Gasteiger partial charge in [0.15, 0.2) is 5.82 Å². The average molecular weight is 313 g/mol. The Kier molecular flexibility index (Phi) is 4.64. The quantitative estimate of drug-likeness (QED) is 0.908. The Balaban J connectivity index is 1.66. The maximum Gasteiger partial charge on any atom is 0.335 e. The van der Waals surface area contributed by atoms with Crippen LogP contribution in [0.15, 0.2) is 30.5 Å². The van der Waals surface area contributed by atoms with Crippen LogP contribution in [0, 0.1) is 0 Å². The molecule has 3 rings (SSSR count). The number of aromatic nitrogens is 2. The van der Waals surface area contributed by atoms with Crippen LogP contribution in [0.3, 0.4) is 0 Å². The molecule has 2 heterocycles. The van der Waals surface area contributed by atoms with Gasteiger partial charge in [-0.05, 0) is 17.7 Å². The van der Waals surface area contributed by atoms with Crippen LogP contribution < -0.4 is 0 Å². The second-order valence-corrected chi connectivity index (χ2v) is 5.65. The van der Waals surface area contributed by atoms with Crippen LogP contribution in [0.1, 0.15) is 33.0 Å². The molecule has 0 atom stereocenters. The molecule has 0 spiro atoms. The fourth-order valence-corrected chi connectivity index (χ4v) is 2.76. The van der Waals surface area contributed by atoms with E-state index < -0.39 is 5.97 Å². The molecule has 0 bridgehead atoms. The van der Waals surface area contributed by atoms with Gasteiger partial charge in [-0.3, -0.25) is 4.90 Å². The molecule has 0 saturated heterocycles. The molecule has 2 aromatic rings. The Morgan fingerprint density at radius 1 is 1.35 bits per heavy atom. The van der Waals surface area contributed by atoms with E-state index in [2.05, 4.69) is 14.9 Å². The van der Waals surface area contributed by atoms with Crippen molar-refractivity contribution in [3.8, 4) is 0 Å². The lowest BCUT2D eigenvalue weighted by atomic mass is 10.1. The van der Waals surface area contributed by atoms with Gasteiger partial charge in [0.25, 0.3) is 0 Å². The Morgan fingerprint density at radius 2 is 2.13 bits per heavy atom. The third-order valence-corrected chi connectivity index (χ3v) is 3.94. The molecule has 1 aliphatic rings. The molecular weight excluding hydrogens is 294 g/mol. The first-order valence-corrected chi connectivity index (χ1v) is 7.53. The van der Waals surface area contributed by atoms with Gasteiger partial charge in [0.1, 0.15) is 6.61 Å². The maximum atomic E-state index is 10.9. The second kappa shape index (κ2) is 6.85. The minimum Gasteiger partial charge on any atom is -0.478 e. The van der Waals surface area contributed by atoms with E-state index in [1.807, 2.05) is 18.3 Å². The third kappa shape index (κ3) is 3.72. The number of fused-ring (bicyclic) bond motifs is 1. The molecule has 1 aromatic heterocycles. The summed E-state index contributed by atoms with van der Waals surface area (Å²) in [5.74, 6) is -0.170. The first kappa shape index (κ1) is 15.6. The maximum absolute atomic E-state index is 10.9. The zero-order valence-electron chi connectivity index (χ0n) is 13.0. The van der Waals surface area contributed by atoms with Crippen molar-refractivity contribution < 1.29 is 14.6 Å². The lowest BCUT2D eigenvalue weighted by Crippen LogP contribution is -2.31. The van der Waals surface area contributed by atoms with Crippen LogP contribution in [0.25, 0.3) is 0 Å². The first-order valence-electron chi connectivity index (χ1n) is 7.53. The number of carboxylic acid groups (broad SMARTS) is 1. The summed E-state index contributed by atoms with van der Waals surface area (Å²) in [4.78, 5) is 22.1. The van der Waals surface area contributed by atoms with E-state index in [0.29, 0.717) is 12.2 Å². The van der Waals surface area contributed by atoms with Crippen molar-refractivity contribution in [2.24, 2.45) is 0 Å². The summed E-state index contributed by atoms with van der Waals surface area (Å²) in [7, 11) is 1.64. The van der Waals surface area contributed by atoms with E-state index in [9.17, 15) is 4.79 Å². The first-order chi connectivity index (χ1) is 11.2. The molecule has 0 fully saturated rings. The summed E-state index contributed by atoms with van der Waals surface area (Å²) in [5, 5.41) is 8.93. The van der Waals surface area contributed by atoms with E-state index in [-0.39, 0.29) is 0 Å². The summed E-state index contributed by atoms with van der Waals surface area (Å²) >= 11 is 0. The Hall–Kier alpha value is -2.31. The number of nitrogens with zero attached hydrogens (tertiary/aromatic N) is 3. The number of benzene rings is 1. The minimum absolute atomic E-state index is 0.316. The highest BCUT2D eigenvalue weighted by Gasteiger charge is 2.18. The predicted molar refractivity (Wildman–Crippen MR) is 84.0 cm³/mol. The standard InChI is InChI=1S/C17H19N3O3/c1-23-11-16-18-8-14-10-20(7-6-15(14)19-16)9-12-2-4-13(5-3-12)17(21)22/h2-5,8H,6-7,9-11H2,1H3,(H,21,22). The zero-order valence-corrected chi connectivity index (χ0v) is 13.0. The molecule has 6 heteroatoms. The Morgan fingerprint density at radius 3 is 2.83 bits per heavy atom. The molecule has 0 aliphatic carbocycles. The Labute approximate surface area is 134 Å². The van der Waals surface area contributed by atoms with Gasteiger partial charge in [0.05, 0.1) is 5.56 Å². The van der Waals surface area contributed by atoms with Crippen molar-refractivity contribution in [2.75, 3.05) is 13.7 Å². The van der Waals surface area contributed by atoms with Crippen LogP contribution in [0.2, 0.25) is 0 Å². The Bertz CT molecular complexity index is 701. The van der Waals surface area contributed by atoms with Crippen LogP contribution in [-0.4, -0.2) is 39.6 Å². The van der Waals surface area contributed by atoms with Crippen LogP contribution in [0.5, 0.6) is 0 Å². The summed E-state index contributed by atoms with van der Waals surface area (Å²) in [5.41, 5.74) is 3.68.